The van der Waals surface area contributed by atoms with Crippen molar-refractivity contribution in [1.29, 1.82) is 0 Å². The Balaban J connectivity index is 2.33. The molecular formula is C12H16FNO2. The van der Waals surface area contributed by atoms with Crippen molar-refractivity contribution in [1.82, 2.24) is 5.32 Å². The molecule has 1 N–H and O–H groups in total. The third kappa shape index (κ3) is 2.18. The van der Waals surface area contributed by atoms with Gasteiger partial charge >= 0.3 is 0 Å². The highest BCUT2D eigenvalue weighted by molar-refractivity contribution is 5.37. The highest BCUT2D eigenvalue weighted by atomic mass is 19.1. The molecule has 1 aliphatic heterocycles. The van der Waals surface area contributed by atoms with Crippen LogP contribution in [0.25, 0.3) is 0 Å². The van der Waals surface area contributed by atoms with E-state index in [4.69, 9.17) is 9.47 Å². The average Bonchev–Trinajstić information content (AvgIpc) is 2.29. The Morgan fingerprint density at radius 1 is 1.50 bits per heavy atom. The predicted molar refractivity (Wildman–Crippen MR) is 59.1 cm³/mol. The Hall–Kier alpha value is -1.13. The lowest BCUT2D eigenvalue weighted by atomic mass is 10.00. The second-order valence-electron chi connectivity index (χ2n) is 3.89. The van der Waals surface area contributed by atoms with Crippen LogP contribution in [0, 0.1) is 5.82 Å². The van der Waals surface area contributed by atoms with Crippen molar-refractivity contribution in [3.63, 3.8) is 0 Å². The summed E-state index contributed by atoms with van der Waals surface area (Å²) in [7, 11) is 1.59. The molecule has 0 saturated carbocycles. The van der Waals surface area contributed by atoms with E-state index in [1.54, 1.807) is 13.2 Å². The lowest BCUT2D eigenvalue weighted by molar-refractivity contribution is 0.00688. The first-order valence-electron chi connectivity index (χ1n) is 5.41. The van der Waals surface area contributed by atoms with Crippen molar-refractivity contribution >= 4 is 0 Å². The molecular weight excluding hydrogens is 209 g/mol. The summed E-state index contributed by atoms with van der Waals surface area (Å²) in [5.41, 5.74) is 0.815. The van der Waals surface area contributed by atoms with Crippen molar-refractivity contribution in [2.24, 2.45) is 0 Å². The molecule has 1 saturated heterocycles. The first-order valence-corrected chi connectivity index (χ1v) is 5.41. The van der Waals surface area contributed by atoms with Crippen LogP contribution in [-0.2, 0) is 4.74 Å². The normalized spacial score (nSPS) is 25.4. The van der Waals surface area contributed by atoms with E-state index in [1.807, 2.05) is 6.92 Å². The summed E-state index contributed by atoms with van der Waals surface area (Å²) >= 11 is 0. The van der Waals surface area contributed by atoms with Crippen molar-refractivity contribution in [2.75, 3.05) is 20.3 Å². The van der Waals surface area contributed by atoms with Crippen molar-refractivity contribution in [3.8, 4) is 5.75 Å². The van der Waals surface area contributed by atoms with Gasteiger partial charge in [-0.3, -0.25) is 0 Å². The Labute approximate surface area is 94.6 Å². The van der Waals surface area contributed by atoms with Gasteiger partial charge in [0.2, 0.25) is 0 Å². The number of nitrogens with one attached hydrogen (secondary N) is 1. The molecule has 2 unspecified atom stereocenters. The molecule has 0 radical (unpaired) electrons. The van der Waals surface area contributed by atoms with E-state index < -0.39 is 0 Å². The monoisotopic (exact) mass is 225 g/mol. The molecule has 2 rings (SSSR count). The Morgan fingerprint density at radius 3 is 3.00 bits per heavy atom. The van der Waals surface area contributed by atoms with Crippen LogP contribution in [-0.4, -0.2) is 26.4 Å². The molecule has 16 heavy (non-hydrogen) atoms. The fourth-order valence-corrected chi connectivity index (χ4v) is 2.03. The number of hydrogen-bond acceptors (Lipinski definition) is 3. The fourth-order valence-electron chi connectivity index (χ4n) is 2.03. The maximum atomic E-state index is 13.2. The molecule has 0 spiro atoms. The third-order valence-electron chi connectivity index (χ3n) is 2.84. The summed E-state index contributed by atoms with van der Waals surface area (Å²) in [6, 6.07) is 4.53. The summed E-state index contributed by atoms with van der Waals surface area (Å²) in [5, 5.41) is 3.32. The number of benzene rings is 1. The van der Waals surface area contributed by atoms with Gasteiger partial charge in [-0.15, -0.1) is 0 Å². The van der Waals surface area contributed by atoms with Gasteiger partial charge in [0.05, 0.1) is 25.9 Å². The Kier molecular flexibility index (Phi) is 3.41. The molecule has 1 fully saturated rings. The number of morpholine rings is 1. The number of ether oxygens (including phenoxy) is 2. The minimum atomic E-state index is -0.254. The first kappa shape index (κ1) is 11.4. The average molecular weight is 225 g/mol. The SMILES string of the molecule is COc1ccc(F)cc1C1NCCOC1C. The van der Waals surface area contributed by atoms with Crippen LogP contribution in [0.3, 0.4) is 0 Å². The van der Waals surface area contributed by atoms with Gasteiger partial charge in [-0.1, -0.05) is 0 Å². The lowest BCUT2D eigenvalue weighted by Gasteiger charge is -2.31. The van der Waals surface area contributed by atoms with E-state index in [0.29, 0.717) is 12.4 Å². The molecule has 0 aliphatic carbocycles. The molecule has 0 aromatic heterocycles. The number of methoxy groups -OCH3 is 1. The van der Waals surface area contributed by atoms with Crippen LogP contribution in [0.15, 0.2) is 18.2 Å². The van der Waals surface area contributed by atoms with Gasteiger partial charge in [0.15, 0.2) is 0 Å². The molecule has 0 amide bonds. The summed E-state index contributed by atoms with van der Waals surface area (Å²) in [5.74, 6) is 0.437. The van der Waals surface area contributed by atoms with Gasteiger partial charge in [0.1, 0.15) is 11.6 Å². The van der Waals surface area contributed by atoms with Crippen molar-refractivity contribution < 1.29 is 13.9 Å². The van der Waals surface area contributed by atoms with Crippen molar-refractivity contribution in [3.05, 3.63) is 29.6 Å². The highest BCUT2D eigenvalue weighted by Crippen LogP contribution is 2.30. The zero-order valence-corrected chi connectivity index (χ0v) is 9.50. The molecule has 1 aliphatic rings. The molecule has 0 bridgehead atoms. The van der Waals surface area contributed by atoms with E-state index in [1.165, 1.54) is 12.1 Å². The van der Waals surface area contributed by atoms with Gasteiger partial charge in [-0.2, -0.15) is 0 Å². The molecule has 2 atom stereocenters. The largest absolute Gasteiger partial charge is 0.496 e. The highest BCUT2D eigenvalue weighted by Gasteiger charge is 2.26. The molecule has 4 heteroatoms. The summed E-state index contributed by atoms with van der Waals surface area (Å²) < 4.78 is 24.0. The second kappa shape index (κ2) is 4.80. The van der Waals surface area contributed by atoms with Gasteiger partial charge < -0.3 is 14.8 Å². The number of hydrogen-bond donors (Lipinski definition) is 1. The smallest absolute Gasteiger partial charge is 0.123 e. The van der Waals surface area contributed by atoms with E-state index in [9.17, 15) is 4.39 Å². The van der Waals surface area contributed by atoms with Crippen LogP contribution in [0.5, 0.6) is 5.75 Å². The quantitative estimate of drug-likeness (QED) is 0.833. The molecule has 1 aromatic carbocycles. The van der Waals surface area contributed by atoms with E-state index >= 15 is 0 Å². The summed E-state index contributed by atoms with van der Waals surface area (Å²) in [6.45, 7) is 3.44. The molecule has 88 valence electrons. The first-order chi connectivity index (χ1) is 7.72. The minimum absolute atomic E-state index is 0.0144. The van der Waals surface area contributed by atoms with E-state index in [0.717, 1.165) is 12.1 Å². The van der Waals surface area contributed by atoms with Gasteiger partial charge in [0, 0.05) is 12.1 Å². The maximum absolute atomic E-state index is 13.2. The minimum Gasteiger partial charge on any atom is -0.496 e. The van der Waals surface area contributed by atoms with E-state index in [-0.39, 0.29) is 18.0 Å². The lowest BCUT2D eigenvalue weighted by Crippen LogP contribution is -2.40. The standard InChI is InChI=1S/C12H16FNO2/c1-8-12(14-5-6-16-8)10-7-9(13)3-4-11(10)15-2/h3-4,7-8,12,14H,5-6H2,1-2H3. The van der Waals surface area contributed by atoms with Crippen LogP contribution in [0.2, 0.25) is 0 Å². The summed E-state index contributed by atoms with van der Waals surface area (Å²) in [6.07, 6.45) is 0.0180. The van der Waals surface area contributed by atoms with Crippen LogP contribution in [0.1, 0.15) is 18.5 Å². The van der Waals surface area contributed by atoms with Gasteiger partial charge in [-0.25, -0.2) is 4.39 Å². The Bertz CT molecular complexity index is 370. The summed E-state index contributed by atoms with van der Waals surface area (Å²) in [4.78, 5) is 0. The topological polar surface area (TPSA) is 30.5 Å². The Morgan fingerprint density at radius 2 is 2.31 bits per heavy atom. The van der Waals surface area contributed by atoms with Crippen LogP contribution < -0.4 is 10.1 Å². The number of rotatable bonds is 2. The van der Waals surface area contributed by atoms with E-state index in [2.05, 4.69) is 5.32 Å². The predicted octanol–water partition coefficient (Wildman–Crippen LogP) is 1.88. The molecule has 1 heterocycles. The number of halogens is 1. The van der Waals surface area contributed by atoms with Crippen molar-refractivity contribution in [2.45, 2.75) is 19.1 Å². The zero-order chi connectivity index (χ0) is 11.5. The molecule has 1 aromatic rings. The van der Waals surface area contributed by atoms with Gasteiger partial charge in [-0.05, 0) is 25.1 Å². The fraction of sp³-hybridized carbons (Fsp3) is 0.500. The van der Waals surface area contributed by atoms with Gasteiger partial charge in [0.25, 0.3) is 0 Å². The van der Waals surface area contributed by atoms with Crippen LogP contribution >= 0.6 is 0 Å². The second-order valence-corrected chi connectivity index (χ2v) is 3.89. The molecule has 3 nitrogen and oxygen atoms in total. The van der Waals surface area contributed by atoms with Crippen LogP contribution in [0.4, 0.5) is 4.39 Å². The maximum Gasteiger partial charge on any atom is 0.123 e. The zero-order valence-electron chi connectivity index (χ0n) is 9.50. The third-order valence-corrected chi connectivity index (χ3v) is 2.84.